The smallest absolute Gasteiger partial charge is 0.371 e. The summed E-state index contributed by atoms with van der Waals surface area (Å²) in [5.74, 6) is -3.13. The summed E-state index contributed by atoms with van der Waals surface area (Å²) in [6.45, 7) is 0. The minimum atomic E-state index is -1.54. The summed E-state index contributed by atoms with van der Waals surface area (Å²) in [5.41, 5.74) is 8.32. The fourth-order valence-electron chi connectivity index (χ4n) is 1.81. The summed E-state index contributed by atoms with van der Waals surface area (Å²) in [7, 11) is 0. The van der Waals surface area contributed by atoms with E-state index in [2.05, 4.69) is 4.98 Å². The van der Waals surface area contributed by atoms with E-state index in [-0.39, 0.29) is 5.69 Å². The molecule has 108 valence electrons. The van der Waals surface area contributed by atoms with E-state index in [9.17, 15) is 9.59 Å². The minimum Gasteiger partial charge on any atom is -0.502 e. The lowest BCUT2D eigenvalue weighted by atomic mass is 10.1. The predicted octanol–water partition coefficient (Wildman–Crippen LogP) is 1.90. The van der Waals surface area contributed by atoms with Crippen LogP contribution in [-0.4, -0.2) is 26.9 Å². The van der Waals surface area contributed by atoms with Crippen LogP contribution in [0.5, 0.6) is 0 Å². The average Bonchev–Trinajstić information content (AvgIpc) is 2.90. The Labute approximate surface area is 120 Å². The number of carboxylic acids is 1. The third-order valence-electron chi connectivity index (χ3n) is 2.87. The van der Waals surface area contributed by atoms with E-state index in [0.717, 1.165) is 11.3 Å². The van der Waals surface area contributed by atoms with Crippen molar-refractivity contribution in [1.29, 1.82) is 0 Å². The number of aromatic nitrogens is 1. The summed E-state index contributed by atoms with van der Waals surface area (Å²) < 4.78 is 0. The molecule has 2 rings (SSSR count). The maximum atomic E-state index is 11.7. The van der Waals surface area contributed by atoms with Crippen molar-refractivity contribution in [3.05, 3.63) is 65.2 Å². The monoisotopic (exact) mass is 286 g/mol. The normalized spacial score (nSPS) is 11.3. The van der Waals surface area contributed by atoms with Gasteiger partial charge in [0, 0.05) is 23.9 Å². The van der Waals surface area contributed by atoms with E-state index < -0.39 is 17.5 Å². The van der Waals surface area contributed by atoms with Crippen molar-refractivity contribution in [1.82, 2.24) is 4.98 Å². The Morgan fingerprint density at radius 3 is 2.38 bits per heavy atom. The number of aliphatic carboxylic acids is 1. The number of aliphatic hydroxyl groups is 1. The van der Waals surface area contributed by atoms with Gasteiger partial charge in [-0.1, -0.05) is 12.1 Å². The Hall–Kier alpha value is -3.02. The molecule has 0 saturated heterocycles. The molecule has 1 aromatic carbocycles. The van der Waals surface area contributed by atoms with Crippen LogP contribution >= 0.6 is 0 Å². The molecule has 0 unspecified atom stereocenters. The third-order valence-corrected chi connectivity index (χ3v) is 2.87. The molecule has 0 amide bonds. The number of H-pyrrole nitrogens is 1. The number of nitrogens with one attached hydrogen (secondary N) is 1. The Morgan fingerprint density at radius 2 is 1.76 bits per heavy atom. The van der Waals surface area contributed by atoms with E-state index in [4.69, 9.17) is 15.9 Å². The van der Waals surface area contributed by atoms with E-state index in [1.165, 1.54) is 0 Å². The van der Waals surface area contributed by atoms with Gasteiger partial charge in [0.1, 0.15) is 0 Å². The first-order valence-electron chi connectivity index (χ1n) is 6.16. The lowest BCUT2D eigenvalue weighted by molar-refractivity contribution is -0.135. The highest BCUT2D eigenvalue weighted by Gasteiger charge is 2.11. The second kappa shape index (κ2) is 5.96. The SMILES string of the molecule is Nc1ccc(Cc2ccc(C(=O)C=C(O)C(=O)O)[nH]2)cc1. The highest BCUT2D eigenvalue weighted by Crippen LogP contribution is 2.12. The van der Waals surface area contributed by atoms with Gasteiger partial charge in [-0.05, 0) is 29.8 Å². The number of aliphatic hydroxyl groups excluding tert-OH is 1. The molecular formula is C15H14N2O4. The number of rotatable bonds is 5. The van der Waals surface area contributed by atoms with Crippen LogP contribution in [-0.2, 0) is 11.2 Å². The van der Waals surface area contributed by atoms with Crippen LogP contribution in [0.2, 0.25) is 0 Å². The standard InChI is InChI=1S/C15H14N2O4/c16-10-3-1-9(2-4-10)7-11-5-6-12(17-11)13(18)8-14(19)15(20)21/h1-6,8,17,19H,7,16H2,(H,20,21). The van der Waals surface area contributed by atoms with E-state index in [1.807, 2.05) is 12.1 Å². The molecule has 5 N–H and O–H groups in total. The molecule has 1 aromatic heterocycles. The van der Waals surface area contributed by atoms with Gasteiger partial charge in [0.05, 0.1) is 5.69 Å². The molecule has 0 saturated carbocycles. The summed E-state index contributed by atoms with van der Waals surface area (Å²) >= 11 is 0. The number of aromatic amines is 1. The molecule has 0 aliphatic carbocycles. The fraction of sp³-hybridized carbons (Fsp3) is 0.0667. The van der Waals surface area contributed by atoms with Gasteiger partial charge in [-0.15, -0.1) is 0 Å². The molecule has 6 heteroatoms. The van der Waals surface area contributed by atoms with Gasteiger partial charge < -0.3 is 20.9 Å². The highest BCUT2D eigenvalue weighted by atomic mass is 16.4. The molecule has 6 nitrogen and oxygen atoms in total. The van der Waals surface area contributed by atoms with Crippen LogP contribution in [0.25, 0.3) is 0 Å². The van der Waals surface area contributed by atoms with Crippen molar-refractivity contribution in [2.24, 2.45) is 0 Å². The maximum Gasteiger partial charge on any atom is 0.371 e. The van der Waals surface area contributed by atoms with Gasteiger partial charge in [-0.25, -0.2) is 4.79 Å². The molecule has 21 heavy (non-hydrogen) atoms. The highest BCUT2D eigenvalue weighted by molar-refractivity contribution is 6.06. The first-order valence-corrected chi connectivity index (χ1v) is 6.16. The molecule has 0 aliphatic heterocycles. The van der Waals surface area contributed by atoms with E-state index in [0.29, 0.717) is 18.2 Å². The first-order chi connectivity index (χ1) is 9.95. The number of ketones is 1. The molecule has 2 aromatic rings. The number of nitrogen functional groups attached to an aromatic ring is 1. The minimum absolute atomic E-state index is 0.216. The Bertz CT molecular complexity index is 699. The number of allylic oxidation sites excluding steroid dienone is 1. The number of hydrogen-bond acceptors (Lipinski definition) is 4. The van der Waals surface area contributed by atoms with Gasteiger partial charge >= 0.3 is 5.97 Å². The molecule has 0 radical (unpaired) electrons. The second-order valence-corrected chi connectivity index (χ2v) is 4.51. The number of benzene rings is 1. The molecule has 0 bridgehead atoms. The number of carbonyl (C=O) groups excluding carboxylic acids is 1. The number of nitrogens with two attached hydrogens (primary N) is 1. The topological polar surface area (TPSA) is 116 Å². The summed E-state index contributed by atoms with van der Waals surface area (Å²) in [4.78, 5) is 25.1. The first kappa shape index (κ1) is 14.4. The Morgan fingerprint density at radius 1 is 1.10 bits per heavy atom. The van der Waals surface area contributed by atoms with Crippen molar-refractivity contribution in [3.63, 3.8) is 0 Å². The van der Waals surface area contributed by atoms with Crippen molar-refractivity contribution >= 4 is 17.4 Å². The fourth-order valence-corrected chi connectivity index (χ4v) is 1.81. The van der Waals surface area contributed by atoms with Crippen molar-refractivity contribution in [2.75, 3.05) is 5.73 Å². The lowest BCUT2D eigenvalue weighted by Gasteiger charge is -2.00. The van der Waals surface area contributed by atoms with Gasteiger partial charge in [-0.2, -0.15) is 0 Å². The zero-order valence-corrected chi connectivity index (χ0v) is 11.0. The summed E-state index contributed by atoms with van der Waals surface area (Å²) in [6, 6.07) is 10.6. The number of hydrogen-bond donors (Lipinski definition) is 4. The summed E-state index contributed by atoms with van der Waals surface area (Å²) in [5, 5.41) is 17.6. The van der Waals surface area contributed by atoms with Crippen LogP contribution in [0, 0.1) is 0 Å². The number of anilines is 1. The van der Waals surface area contributed by atoms with Crippen LogP contribution < -0.4 is 5.73 Å². The number of carboxylic acid groups (broad SMARTS) is 1. The van der Waals surface area contributed by atoms with E-state index in [1.54, 1.807) is 24.3 Å². The zero-order valence-electron chi connectivity index (χ0n) is 11.0. The predicted molar refractivity (Wildman–Crippen MR) is 77.1 cm³/mol. The zero-order chi connectivity index (χ0) is 15.4. The van der Waals surface area contributed by atoms with Gasteiger partial charge in [0.15, 0.2) is 0 Å². The van der Waals surface area contributed by atoms with Crippen LogP contribution in [0.1, 0.15) is 21.7 Å². The second-order valence-electron chi connectivity index (χ2n) is 4.51. The molecular weight excluding hydrogens is 272 g/mol. The van der Waals surface area contributed by atoms with Crippen LogP contribution in [0.3, 0.4) is 0 Å². The van der Waals surface area contributed by atoms with Gasteiger partial charge in [0.2, 0.25) is 11.5 Å². The Kier molecular flexibility index (Phi) is 4.08. The van der Waals surface area contributed by atoms with Crippen molar-refractivity contribution < 1.29 is 19.8 Å². The van der Waals surface area contributed by atoms with Gasteiger partial charge in [-0.3, -0.25) is 4.79 Å². The molecule has 0 atom stereocenters. The van der Waals surface area contributed by atoms with Crippen molar-refractivity contribution in [3.8, 4) is 0 Å². The average molecular weight is 286 g/mol. The maximum absolute atomic E-state index is 11.7. The van der Waals surface area contributed by atoms with Crippen LogP contribution in [0.15, 0.2) is 48.2 Å². The van der Waals surface area contributed by atoms with Crippen LogP contribution in [0.4, 0.5) is 5.69 Å². The number of carbonyl (C=O) groups is 2. The largest absolute Gasteiger partial charge is 0.502 e. The molecule has 0 fully saturated rings. The third kappa shape index (κ3) is 3.73. The Balaban J connectivity index is 2.11. The molecule has 0 aliphatic rings. The molecule has 1 heterocycles. The quantitative estimate of drug-likeness (QED) is 0.290. The van der Waals surface area contributed by atoms with E-state index >= 15 is 0 Å². The summed E-state index contributed by atoms with van der Waals surface area (Å²) in [6.07, 6.45) is 1.25. The van der Waals surface area contributed by atoms with Crippen molar-refractivity contribution in [2.45, 2.75) is 6.42 Å². The van der Waals surface area contributed by atoms with Gasteiger partial charge in [0.25, 0.3) is 0 Å². The molecule has 0 spiro atoms. The lowest BCUT2D eigenvalue weighted by Crippen LogP contribution is -2.04.